The molecule has 7 nitrogen and oxygen atoms in total. The van der Waals surface area contributed by atoms with Crippen LogP contribution in [0.2, 0.25) is 0 Å². The zero-order valence-corrected chi connectivity index (χ0v) is 11.1. The van der Waals surface area contributed by atoms with Crippen molar-refractivity contribution in [3.05, 3.63) is 33.9 Å². The van der Waals surface area contributed by atoms with E-state index in [-0.39, 0.29) is 18.7 Å². The van der Waals surface area contributed by atoms with Crippen molar-refractivity contribution in [2.45, 2.75) is 6.36 Å². The Hall–Kier alpha value is -2.36. The molecule has 1 aromatic carbocycles. The van der Waals surface area contributed by atoms with E-state index in [4.69, 9.17) is 4.74 Å². The van der Waals surface area contributed by atoms with Gasteiger partial charge in [-0.1, -0.05) is 0 Å². The molecule has 120 valence electrons. The third kappa shape index (κ3) is 4.07. The summed E-state index contributed by atoms with van der Waals surface area (Å²) in [7, 11) is 0. The monoisotopic (exact) mass is 320 g/mol. The van der Waals surface area contributed by atoms with Gasteiger partial charge in [0.1, 0.15) is 5.75 Å². The lowest BCUT2D eigenvalue weighted by atomic mass is 10.1. The van der Waals surface area contributed by atoms with E-state index in [1.165, 1.54) is 4.90 Å². The molecule has 0 spiro atoms. The highest BCUT2D eigenvalue weighted by Gasteiger charge is 2.32. The molecule has 1 saturated heterocycles. The molecule has 0 bridgehead atoms. The van der Waals surface area contributed by atoms with E-state index in [1.807, 2.05) is 0 Å². The van der Waals surface area contributed by atoms with E-state index in [9.17, 15) is 28.1 Å². The highest BCUT2D eigenvalue weighted by atomic mass is 19.4. The fourth-order valence-electron chi connectivity index (χ4n) is 1.95. The number of non-ortho nitro benzene ring substituents is 1. The van der Waals surface area contributed by atoms with Crippen molar-refractivity contribution < 1.29 is 32.4 Å². The summed E-state index contributed by atoms with van der Waals surface area (Å²) in [6.45, 7) is 1.12. The van der Waals surface area contributed by atoms with Crippen molar-refractivity contribution in [3.8, 4) is 5.75 Å². The predicted molar refractivity (Wildman–Crippen MR) is 66.5 cm³/mol. The van der Waals surface area contributed by atoms with Crippen LogP contribution >= 0.6 is 0 Å². The van der Waals surface area contributed by atoms with Crippen LogP contribution in [0.25, 0.3) is 0 Å². The molecule has 1 aromatic rings. The van der Waals surface area contributed by atoms with E-state index < -0.39 is 28.6 Å². The van der Waals surface area contributed by atoms with E-state index in [1.54, 1.807) is 0 Å². The van der Waals surface area contributed by atoms with Crippen molar-refractivity contribution in [1.82, 2.24) is 4.90 Å². The maximum Gasteiger partial charge on any atom is 0.573 e. The van der Waals surface area contributed by atoms with Gasteiger partial charge in [0.15, 0.2) is 0 Å². The Morgan fingerprint density at radius 1 is 1.27 bits per heavy atom. The van der Waals surface area contributed by atoms with E-state index >= 15 is 0 Å². The zero-order valence-electron chi connectivity index (χ0n) is 11.1. The number of ether oxygens (including phenoxy) is 2. The van der Waals surface area contributed by atoms with Gasteiger partial charge in [-0.05, 0) is 6.07 Å². The number of carbonyl (C=O) groups excluding carboxylic acids is 1. The molecule has 0 atom stereocenters. The first-order valence-electron chi connectivity index (χ1n) is 6.18. The minimum Gasteiger partial charge on any atom is -0.406 e. The van der Waals surface area contributed by atoms with Crippen molar-refractivity contribution >= 4 is 11.6 Å². The van der Waals surface area contributed by atoms with Crippen LogP contribution in [0.3, 0.4) is 0 Å². The molecule has 1 aliphatic rings. The topological polar surface area (TPSA) is 81.9 Å². The Labute approximate surface area is 122 Å². The summed E-state index contributed by atoms with van der Waals surface area (Å²) in [5.41, 5.74) is -0.895. The van der Waals surface area contributed by atoms with Crippen LogP contribution in [0.15, 0.2) is 18.2 Å². The van der Waals surface area contributed by atoms with E-state index in [0.29, 0.717) is 19.3 Å². The number of nitrogens with zero attached hydrogens (tertiary/aromatic N) is 2. The Morgan fingerprint density at radius 2 is 1.91 bits per heavy atom. The minimum absolute atomic E-state index is 0.240. The van der Waals surface area contributed by atoms with Gasteiger partial charge in [-0.2, -0.15) is 0 Å². The molecule has 1 amide bonds. The fraction of sp³-hybridized carbons (Fsp3) is 0.417. The van der Waals surface area contributed by atoms with E-state index in [0.717, 1.165) is 12.1 Å². The van der Waals surface area contributed by atoms with E-state index in [2.05, 4.69) is 4.74 Å². The summed E-state index contributed by atoms with van der Waals surface area (Å²) in [4.78, 5) is 23.5. The van der Waals surface area contributed by atoms with Crippen molar-refractivity contribution in [2.75, 3.05) is 26.3 Å². The second-order valence-electron chi connectivity index (χ2n) is 4.43. The lowest BCUT2D eigenvalue weighted by Crippen LogP contribution is -2.40. The van der Waals surface area contributed by atoms with Gasteiger partial charge in [0, 0.05) is 19.2 Å². The van der Waals surface area contributed by atoms with Gasteiger partial charge in [0.05, 0.1) is 29.8 Å². The van der Waals surface area contributed by atoms with Gasteiger partial charge >= 0.3 is 6.36 Å². The summed E-state index contributed by atoms with van der Waals surface area (Å²) >= 11 is 0. The minimum atomic E-state index is -5.01. The van der Waals surface area contributed by atoms with Crippen molar-refractivity contribution in [1.29, 1.82) is 0 Å². The highest BCUT2D eigenvalue weighted by molar-refractivity contribution is 5.95. The molecule has 10 heteroatoms. The Morgan fingerprint density at radius 3 is 2.45 bits per heavy atom. The molecule has 0 unspecified atom stereocenters. The molecule has 1 heterocycles. The quantitative estimate of drug-likeness (QED) is 0.628. The maximum atomic E-state index is 12.3. The summed E-state index contributed by atoms with van der Waals surface area (Å²) in [6.07, 6.45) is -5.01. The van der Waals surface area contributed by atoms with Gasteiger partial charge in [0.25, 0.3) is 11.6 Å². The number of amides is 1. The number of morpholine rings is 1. The lowest BCUT2D eigenvalue weighted by molar-refractivity contribution is -0.385. The molecule has 22 heavy (non-hydrogen) atoms. The van der Waals surface area contributed by atoms with Crippen LogP contribution < -0.4 is 4.74 Å². The molecule has 1 fully saturated rings. The molecular weight excluding hydrogens is 309 g/mol. The fourth-order valence-corrected chi connectivity index (χ4v) is 1.95. The third-order valence-corrected chi connectivity index (χ3v) is 2.88. The van der Waals surface area contributed by atoms with Crippen molar-refractivity contribution in [2.24, 2.45) is 0 Å². The van der Waals surface area contributed by atoms with Gasteiger partial charge < -0.3 is 14.4 Å². The lowest BCUT2D eigenvalue weighted by Gasteiger charge is -2.26. The maximum absolute atomic E-state index is 12.3. The Balaban J connectivity index is 2.32. The summed E-state index contributed by atoms with van der Waals surface area (Å²) < 4.78 is 45.5. The third-order valence-electron chi connectivity index (χ3n) is 2.88. The number of carbonyl (C=O) groups is 1. The molecule has 0 radical (unpaired) electrons. The summed E-state index contributed by atoms with van der Waals surface area (Å²) in [5.74, 6) is -1.42. The molecule has 0 N–H and O–H groups in total. The van der Waals surface area contributed by atoms with Crippen LogP contribution in [0.4, 0.5) is 18.9 Å². The van der Waals surface area contributed by atoms with Gasteiger partial charge in [0.2, 0.25) is 0 Å². The Bertz CT molecular complexity index is 585. The zero-order chi connectivity index (χ0) is 16.3. The Kier molecular flexibility index (Phi) is 4.50. The smallest absolute Gasteiger partial charge is 0.406 e. The summed E-state index contributed by atoms with van der Waals surface area (Å²) in [5, 5.41) is 10.8. The highest BCUT2D eigenvalue weighted by Crippen LogP contribution is 2.28. The largest absolute Gasteiger partial charge is 0.573 e. The number of benzene rings is 1. The number of alkyl halides is 3. The molecule has 1 aliphatic heterocycles. The number of nitro groups is 1. The standard InChI is InChI=1S/C12H11F3N2O5/c13-12(14,15)22-10-6-8(5-9(7-10)17(19)20)11(18)16-1-3-21-4-2-16/h5-7H,1-4H2. The van der Waals surface area contributed by atoms with Crippen LogP contribution in [0.1, 0.15) is 10.4 Å². The second-order valence-corrected chi connectivity index (χ2v) is 4.43. The first-order valence-corrected chi connectivity index (χ1v) is 6.18. The summed E-state index contributed by atoms with van der Waals surface area (Å²) in [6, 6.07) is 2.36. The average molecular weight is 320 g/mol. The SMILES string of the molecule is O=C(c1cc(OC(F)(F)F)cc([N+](=O)[O-])c1)N1CCOCC1. The number of hydrogen-bond acceptors (Lipinski definition) is 5. The second kappa shape index (κ2) is 6.18. The van der Waals surface area contributed by atoms with Crippen LogP contribution in [-0.4, -0.2) is 48.4 Å². The first kappa shape index (κ1) is 16.0. The van der Waals surface area contributed by atoms with Crippen LogP contribution in [-0.2, 0) is 4.74 Å². The van der Waals surface area contributed by atoms with Gasteiger partial charge in [-0.15, -0.1) is 13.2 Å². The van der Waals surface area contributed by atoms with Crippen LogP contribution in [0, 0.1) is 10.1 Å². The predicted octanol–water partition coefficient (Wildman–Crippen LogP) is 1.97. The number of hydrogen-bond donors (Lipinski definition) is 0. The number of nitro benzene ring substituents is 1. The van der Waals surface area contributed by atoms with Gasteiger partial charge in [-0.25, -0.2) is 0 Å². The van der Waals surface area contributed by atoms with Crippen LogP contribution in [0.5, 0.6) is 5.75 Å². The van der Waals surface area contributed by atoms with Gasteiger partial charge in [-0.3, -0.25) is 14.9 Å². The molecular formula is C12H11F3N2O5. The molecule has 0 saturated carbocycles. The average Bonchev–Trinajstić information content (AvgIpc) is 2.45. The molecule has 0 aromatic heterocycles. The number of rotatable bonds is 3. The molecule has 0 aliphatic carbocycles. The normalized spacial score (nSPS) is 15.5. The van der Waals surface area contributed by atoms with Crippen molar-refractivity contribution in [3.63, 3.8) is 0 Å². The molecule has 2 rings (SSSR count). The number of halogens is 3. The first-order chi connectivity index (χ1) is 10.3.